The monoisotopic (exact) mass is 351 g/mol. The molecule has 1 aliphatic carbocycles. The summed E-state index contributed by atoms with van der Waals surface area (Å²) in [5, 5.41) is 2.71. The fraction of sp³-hybridized carbons (Fsp3) is 0.294. The number of hydrogen-bond acceptors (Lipinski definition) is 3. The number of hydrogen-bond donors (Lipinski definition) is 1. The molecule has 0 aliphatic heterocycles. The van der Waals surface area contributed by atoms with Crippen molar-refractivity contribution in [1.82, 2.24) is 9.88 Å². The lowest BCUT2D eigenvalue weighted by atomic mass is 10.2. The number of urea groups is 1. The quantitative estimate of drug-likeness (QED) is 0.879. The van der Waals surface area contributed by atoms with Crippen LogP contribution < -0.4 is 10.1 Å². The number of carbonyl (C=O) groups is 1. The van der Waals surface area contributed by atoms with Gasteiger partial charge in [-0.3, -0.25) is 4.98 Å². The van der Waals surface area contributed by atoms with E-state index in [9.17, 15) is 18.0 Å². The third kappa shape index (κ3) is 5.10. The summed E-state index contributed by atoms with van der Waals surface area (Å²) in [5.74, 6) is -0.332. The summed E-state index contributed by atoms with van der Waals surface area (Å²) < 4.78 is 40.3. The average Bonchev–Trinajstić information content (AvgIpc) is 3.39. The minimum Gasteiger partial charge on any atom is -0.406 e. The number of alkyl halides is 3. The lowest BCUT2D eigenvalue weighted by molar-refractivity contribution is -0.274. The zero-order valence-corrected chi connectivity index (χ0v) is 13.2. The van der Waals surface area contributed by atoms with Gasteiger partial charge in [-0.2, -0.15) is 0 Å². The number of carbonyl (C=O) groups excluding carboxylic acids is 1. The third-order valence-corrected chi connectivity index (χ3v) is 3.69. The number of amides is 2. The molecule has 1 aliphatic rings. The number of aromatic nitrogens is 1. The van der Waals surface area contributed by atoms with E-state index in [1.807, 2.05) is 12.1 Å². The van der Waals surface area contributed by atoms with E-state index in [1.165, 1.54) is 12.1 Å². The predicted octanol–water partition coefficient (Wildman–Crippen LogP) is 4.18. The molecule has 0 atom stereocenters. The van der Waals surface area contributed by atoms with Crippen molar-refractivity contribution in [3.8, 4) is 5.75 Å². The Labute approximate surface area is 142 Å². The molecule has 0 unspecified atom stereocenters. The lowest BCUT2D eigenvalue weighted by Gasteiger charge is -2.23. The van der Waals surface area contributed by atoms with Crippen LogP contribution in [0.4, 0.5) is 23.7 Å². The van der Waals surface area contributed by atoms with Crippen LogP contribution in [0.3, 0.4) is 0 Å². The Morgan fingerprint density at radius 1 is 1.16 bits per heavy atom. The summed E-state index contributed by atoms with van der Waals surface area (Å²) in [6.07, 6.45) is 0.473. The zero-order chi connectivity index (χ0) is 17.9. The van der Waals surface area contributed by atoms with Gasteiger partial charge in [0, 0.05) is 30.7 Å². The summed E-state index contributed by atoms with van der Waals surface area (Å²) >= 11 is 0. The number of nitrogens with zero attached hydrogens (tertiary/aromatic N) is 2. The van der Waals surface area contributed by atoms with Gasteiger partial charge >= 0.3 is 12.4 Å². The molecule has 2 amide bonds. The normalized spacial score (nSPS) is 14.0. The Balaban J connectivity index is 1.63. The minimum atomic E-state index is -4.74. The van der Waals surface area contributed by atoms with Crippen LogP contribution in [0.25, 0.3) is 0 Å². The highest BCUT2D eigenvalue weighted by atomic mass is 19.4. The number of anilines is 1. The highest BCUT2D eigenvalue weighted by Gasteiger charge is 2.33. The summed E-state index contributed by atoms with van der Waals surface area (Å²) in [5.41, 5.74) is 1.37. The van der Waals surface area contributed by atoms with Crippen LogP contribution >= 0.6 is 0 Å². The molecule has 1 N–H and O–H groups in total. The molecule has 5 nitrogen and oxygen atoms in total. The fourth-order valence-electron chi connectivity index (χ4n) is 2.37. The van der Waals surface area contributed by atoms with E-state index in [0.29, 0.717) is 12.2 Å². The van der Waals surface area contributed by atoms with Crippen LogP contribution in [0.1, 0.15) is 18.4 Å². The van der Waals surface area contributed by atoms with Crippen molar-refractivity contribution in [1.29, 1.82) is 0 Å². The molecule has 0 radical (unpaired) electrons. The van der Waals surface area contributed by atoms with Crippen molar-refractivity contribution in [3.05, 3.63) is 54.4 Å². The SMILES string of the molecule is O=C(Nc1ccc(OC(F)(F)F)cc1)N(Cc1ccncc1)C1CC1. The first kappa shape index (κ1) is 17.1. The van der Waals surface area contributed by atoms with Gasteiger partial charge < -0.3 is 15.0 Å². The summed E-state index contributed by atoms with van der Waals surface area (Å²) in [6, 6.07) is 8.64. The van der Waals surface area contributed by atoms with Gasteiger partial charge in [-0.15, -0.1) is 13.2 Å². The molecule has 25 heavy (non-hydrogen) atoms. The molecular formula is C17H16F3N3O2. The van der Waals surface area contributed by atoms with E-state index in [2.05, 4.69) is 15.0 Å². The highest BCUT2D eigenvalue weighted by Crippen LogP contribution is 2.29. The first-order chi connectivity index (χ1) is 11.9. The maximum absolute atomic E-state index is 12.5. The van der Waals surface area contributed by atoms with Gasteiger partial charge in [0.05, 0.1) is 0 Å². The van der Waals surface area contributed by atoms with E-state index >= 15 is 0 Å². The first-order valence-corrected chi connectivity index (χ1v) is 7.73. The number of halogens is 3. The topological polar surface area (TPSA) is 54.5 Å². The van der Waals surface area contributed by atoms with E-state index in [4.69, 9.17) is 0 Å². The number of rotatable bonds is 5. The Kier molecular flexibility index (Phi) is 4.78. The van der Waals surface area contributed by atoms with Gasteiger partial charge in [-0.05, 0) is 54.8 Å². The molecular weight excluding hydrogens is 335 g/mol. The largest absolute Gasteiger partial charge is 0.573 e. The van der Waals surface area contributed by atoms with Gasteiger partial charge in [-0.1, -0.05) is 0 Å². The average molecular weight is 351 g/mol. The fourth-order valence-corrected chi connectivity index (χ4v) is 2.37. The number of pyridine rings is 1. The second-order valence-electron chi connectivity index (χ2n) is 5.72. The molecule has 3 rings (SSSR count). The maximum Gasteiger partial charge on any atom is 0.573 e. The molecule has 1 fully saturated rings. The van der Waals surface area contributed by atoms with Gasteiger partial charge in [0.15, 0.2) is 0 Å². The van der Waals surface area contributed by atoms with Crippen LogP contribution in [-0.2, 0) is 6.54 Å². The first-order valence-electron chi connectivity index (χ1n) is 7.73. The van der Waals surface area contributed by atoms with Crippen molar-refractivity contribution < 1.29 is 22.7 Å². The Morgan fingerprint density at radius 2 is 1.80 bits per heavy atom. The second kappa shape index (κ2) is 7.00. The smallest absolute Gasteiger partial charge is 0.406 e. The van der Waals surface area contributed by atoms with Crippen LogP contribution in [0.15, 0.2) is 48.8 Å². The van der Waals surface area contributed by atoms with E-state index in [1.54, 1.807) is 17.3 Å². The molecule has 0 spiro atoms. The van der Waals surface area contributed by atoms with E-state index in [0.717, 1.165) is 30.5 Å². The number of ether oxygens (including phenoxy) is 1. The van der Waals surface area contributed by atoms with E-state index in [-0.39, 0.29) is 17.8 Å². The Morgan fingerprint density at radius 3 is 2.36 bits per heavy atom. The standard InChI is InChI=1S/C17H16F3N3O2/c18-17(19,20)25-15-5-1-13(2-6-15)22-16(24)23(14-3-4-14)11-12-7-9-21-10-8-12/h1-2,5-10,14H,3-4,11H2,(H,22,24). The zero-order valence-electron chi connectivity index (χ0n) is 13.2. The Hall–Kier alpha value is -2.77. The van der Waals surface area contributed by atoms with Crippen LogP contribution in [0.5, 0.6) is 5.75 Å². The molecule has 0 bridgehead atoms. The van der Waals surface area contributed by atoms with Crippen molar-refractivity contribution in [2.75, 3.05) is 5.32 Å². The van der Waals surface area contributed by atoms with Crippen LogP contribution in [0, 0.1) is 0 Å². The molecule has 132 valence electrons. The number of nitrogens with one attached hydrogen (secondary N) is 1. The van der Waals surface area contributed by atoms with E-state index < -0.39 is 6.36 Å². The second-order valence-corrected chi connectivity index (χ2v) is 5.72. The third-order valence-electron chi connectivity index (χ3n) is 3.69. The van der Waals surface area contributed by atoms with Crippen LogP contribution in [0.2, 0.25) is 0 Å². The van der Waals surface area contributed by atoms with Crippen LogP contribution in [-0.4, -0.2) is 28.3 Å². The molecule has 1 aromatic heterocycles. The van der Waals surface area contributed by atoms with Gasteiger partial charge in [0.2, 0.25) is 0 Å². The molecule has 1 saturated carbocycles. The highest BCUT2D eigenvalue weighted by molar-refractivity contribution is 5.89. The maximum atomic E-state index is 12.5. The van der Waals surface area contributed by atoms with Gasteiger partial charge in [0.25, 0.3) is 0 Å². The molecule has 1 aromatic carbocycles. The summed E-state index contributed by atoms with van der Waals surface area (Å²) in [4.78, 5) is 18.2. The van der Waals surface area contributed by atoms with Crippen molar-refractivity contribution >= 4 is 11.7 Å². The van der Waals surface area contributed by atoms with Gasteiger partial charge in [-0.25, -0.2) is 4.79 Å². The van der Waals surface area contributed by atoms with Crippen molar-refractivity contribution in [2.45, 2.75) is 31.8 Å². The molecule has 0 saturated heterocycles. The number of benzene rings is 1. The summed E-state index contributed by atoms with van der Waals surface area (Å²) in [6.45, 7) is 0.453. The molecule has 8 heteroatoms. The van der Waals surface area contributed by atoms with Crippen molar-refractivity contribution in [2.24, 2.45) is 0 Å². The summed E-state index contributed by atoms with van der Waals surface area (Å²) in [7, 11) is 0. The molecule has 2 aromatic rings. The minimum absolute atomic E-state index is 0.181. The molecule has 1 heterocycles. The lowest BCUT2D eigenvalue weighted by Crippen LogP contribution is -2.36. The van der Waals surface area contributed by atoms with Gasteiger partial charge in [0.1, 0.15) is 5.75 Å². The predicted molar refractivity (Wildman–Crippen MR) is 84.9 cm³/mol. The Bertz CT molecular complexity index is 716. The van der Waals surface area contributed by atoms with Crippen molar-refractivity contribution in [3.63, 3.8) is 0 Å².